The Balaban J connectivity index is 0.929. The van der Waals surface area contributed by atoms with E-state index in [0.29, 0.717) is 48.3 Å². The van der Waals surface area contributed by atoms with Gasteiger partial charge in [0.1, 0.15) is 18.7 Å². The van der Waals surface area contributed by atoms with Crippen LogP contribution in [-0.2, 0) is 63.2 Å². The largest absolute Gasteiger partial charge is 0.481 e. The second-order valence-corrected chi connectivity index (χ2v) is 21.8. The minimum atomic E-state index is -1.49. The van der Waals surface area contributed by atoms with E-state index in [1.54, 1.807) is 44.2 Å². The van der Waals surface area contributed by atoms with E-state index in [1.165, 1.54) is 11.1 Å². The fourth-order valence-electron chi connectivity index (χ4n) is 12.5. The monoisotopic (exact) mass is 1000 g/mol. The first-order valence-electron chi connectivity index (χ1n) is 25.9. The van der Waals surface area contributed by atoms with Gasteiger partial charge in [-0.2, -0.15) is 0 Å². The maximum atomic E-state index is 14.6. The lowest BCUT2D eigenvalue weighted by Crippen LogP contribution is -2.58. The van der Waals surface area contributed by atoms with E-state index in [-0.39, 0.29) is 66.4 Å². The number of nitrogens with one attached hydrogen (secondary N) is 6. The van der Waals surface area contributed by atoms with Gasteiger partial charge in [0.05, 0.1) is 23.8 Å². The number of imide groups is 1. The number of fused-ring (bicyclic) bond motifs is 6. The number of carboxylic acids is 1. The number of carbonyl (C=O) groups excluding carboxylic acids is 7. The van der Waals surface area contributed by atoms with Crippen LogP contribution in [0.5, 0.6) is 0 Å². The maximum absolute atomic E-state index is 14.6. The van der Waals surface area contributed by atoms with Crippen molar-refractivity contribution in [2.24, 2.45) is 28.6 Å². The highest BCUT2D eigenvalue weighted by atomic mass is 16.5. The summed E-state index contributed by atoms with van der Waals surface area (Å²) in [6.07, 6.45) is 7.11. The summed E-state index contributed by atoms with van der Waals surface area (Å²) in [5.74, 6) is -3.97. The van der Waals surface area contributed by atoms with Crippen molar-refractivity contribution in [3.05, 3.63) is 88.5 Å². The molecule has 4 aliphatic rings. The number of ether oxygens (including phenoxy) is 1. The molecule has 0 bridgehead atoms. The topological polar surface area (TPSA) is 264 Å². The molecule has 3 aromatic rings. The van der Waals surface area contributed by atoms with E-state index in [0.717, 1.165) is 56.1 Å². The lowest BCUT2D eigenvalue weighted by Gasteiger charge is -2.55. The van der Waals surface area contributed by atoms with Gasteiger partial charge in [0.25, 0.3) is 0 Å². The lowest BCUT2D eigenvalue weighted by atomic mass is 9.49. The Morgan fingerprint density at radius 1 is 0.753 bits per heavy atom. The normalized spacial score (nSPS) is 24.6. The first kappa shape index (κ1) is 54.0. The Hall–Kier alpha value is -6.78. The quantitative estimate of drug-likeness (QED) is 0.0497. The van der Waals surface area contributed by atoms with Gasteiger partial charge in [0.2, 0.25) is 35.4 Å². The van der Waals surface area contributed by atoms with Crippen molar-refractivity contribution in [3.8, 4) is 0 Å². The molecule has 3 unspecified atom stereocenters. The number of aliphatic carboxylic acids is 1. The summed E-state index contributed by atoms with van der Waals surface area (Å²) in [6.45, 7) is 11.2. The summed E-state index contributed by atoms with van der Waals surface area (Å²) in [5, 5.41) is 25.8. The molecule has 73 heavy (non-hydrogen) atoms. The van der Waals surface area contributed by atoms with Gasteiger partial charge in [-0.25, -0.2) is 4.79 Å². The fraction of sp³-hybridized carbons (Fsp3) is 0.536. The first-order chi connectivity index (χ1) is 34.6. The van der Waals surface area contributed by atoms with Crippen LogP contribution in [0.25, 0.3) is 0 Å². The third-order valence-electron chi connectivity index (χ3n) is 16.5. The van der Waals surface area contributed by atoms with Crippen molar-refractivity contribution in [1.29, 1.82) is 0 Å². The van der Waals surface area contributed by atoms with Crippen molar-refractivity contribution in [2.45, 2.75) is 155 Å². The van der Waals surface area contributed by atoms with Gasteiger partial charge in [0, 0.05) is 23.5 Å². The van der Waals surface area contributed by atoms with Crippen LogP contribution in [0.15, 0.2) is 60.7 Å². The van der Waals surface area contributed by atoms with E-state index in [4.69, 9.17) is 10.5 Å². The molecule has 0 aliphatic heterocycles. The fourth-order valence-corrected chi connectivity index (χ4v) is 12.5. The molecule has 0 radical (unpaired) electrons. The summed E-state index contributed by atoms with van der Waals surface area (Å²) in [5.41, 5.74) is 11.2. The van der Waals surface area contributed by atoms with Crippen LogP contribution in [0, 0.1) is 28.6 Å². The van der Waals surface area contributed by atoms with Crippen molar-refractivity contribution >= 4 is 64.6 Å². The van der Waals surface area contributed by atoms with E-state index in [9.17, 15) is 43.5 Å². The highest BCUT2D eigenvalue weighted by Crippen LogP contribution is 2.58. The zero-order chi connectivity index (χ0) is 52.8. The molecular weight excluding hydrogens is 931 g/mol. The van der Waals surface area contributed by atoms with E-state index in [1.807, 2.05) is 39.0 Å². The number of aryl methyl sites for hydroxylation is 2. The van der Waals surface area contributed by atoms with Crippen molar-refractivity contribution in [3.63, 3.8) is 0 Å². The Labute approximate surface area is 427 Å². The molecule has 0 saturated heterocycles. The molecule has 0 heterocycles. The summed E-state index contributed by atoms with van der Waals surface area (Å²) in [7, 11) is 0. The van der Waals surface area contributed by atoms with Gasteiger partial charge < -0.3 is 42.2 Å². The lowest BCUT2D eigenvalue weighted by molar-refractivity contribution is -0.149. The molecule has 3 aromatic carbocycles. The summed E-state index contributed by atoms with van der Waals surface area (Å²) in [4.78, 5) is 105. The Morgan fingerprint density at radius 2 is 1.44 bits per heavy atom. The molecule has 4 aliphatic carbocycles. The predicted molar refractivity (Wildman–Crippen MR) is 276 cm³/mol. The zero-order valence-corrected chi connectivity index (χ0v) is 43.0. The Morgan fingerprint density at radius 3 is 2.15 bits per heavy atom. The second-order valence-electron chi connectivity index (χ2n) is 21.8. The average molecular weight is 1000 g/mol. The number of nitrogen functional groups attached to an aromatic ring is 1. The van der Waals surface area contributed by atoms with Crippen molar-refractivity contribution in [2.75, 3.05) is 22.9 Å². The van der Waals surface area contributed by atoms with Crippen LogP contribution in [0.3, 0.4) is 0 Å². The molecule has 8 atom stereocenters. The van der Waals surface area contributed by atoms with Crippen LogP contribution >= 0.6 is 0 Å². The minimum Gasteiger partial charge on any atom is -0.481 e. The van der Waals surface area contributed by atoms with Crippen LogP contribution < -0.4 is 37.6 Å². The van der Waals surface area contributed by atoms with Crippen LogP contribution in [-0.4, -0.2) is 71.2 Å². The van der Waals surface area contributed by atoms with Gasteiger partial charge in [-0.15, -0.1) is 0 Å². The van der Waals surface area contributed by atoms with Gasteiger partial charge >= 0.3 is 12.1 Å². The molecule has 0 aromatic heterocycles. The highest BCUT2D eigenvalue weighted by molar-refractivity contribution is 6.01. The number of amides is 7. The number of anilines is 3. The van der Waals surface area contributed by atoms with Gasteiger partial charge in [-0.1, -0.05) is 78.6 Å². The second kappa shape index (κ2) is 22.5. The number of rotatable bonds is 17. The van der Waals surface area contributed by atoms with Crippen LogP contribution in [0.2, 0.25) is 0 Å². The van der Waals surface area contributed by atoms with Gasteiger partial charge in [-0.05, 0) is 151 Å². The molecule has 9 N–H and O–H groups in total. The molecule has 0 spiro atoms. The molecule has 17 heteroatoms. The molecule has 17 nitrogen and oxygen atoms in total. The number of carboxylic acid groups (broad SMARTS) is 1. The predicted octanol–water partition coefficient (Wildman–Crippen LogP) is 7.16. The number of carbonyl (C=O) groups is 8. The molecule has 2 fully saturated rings. The van der Waals surface area contributed by atoms with E-state index < -0.39 is 59.1 Å². The maximum Gasteiger partial charge on any atom is 0.408 e. The number of alkyl carbamates (subject to hydrolysis) is 1. The molecule has 2 saturated carbocycles. The third kappa shape index (κ3) is 12.0. The number of nitrogens with two attached hydrogens (primary N) is 1. The van der Waals surface area contributed by atoms with Gasteiger partial charge in [-0.3, -0.25) is 38.9 Å². The number of hydrogen-bond acceptors (Lipinski definition) is 10. The smallest absolute Gasteiger partial charge is 0.408 e. The van der Waals surface area contributed by atoms with Crippen molar-refractivity contribution < 1.29 is 48.2 Å². The number of benzene rings is 3. The summed E-state index contributed by atoms with van der Waals surface area (Å²) < 4.78 is 5.35. The highest BCUT2D eigenvalue weighted by Gasteiger charge is 2.57. The summed E-state index contributed by atoms with van der Waals surface area (Å²) >= 11 is 0. The van der Waals surface area contributed by atoms with E-state index in [2.05, 4.69) is 51.0 Å². The summed E-state index contributed by atoms with van der Waals surface area (Å²) in [6, 6.07) is 15.8. The molecule has 7 amide bonds. The Kier molecular flexibility index (Phi) is 16.7. The number of hydrogen-bond donors (Lipinski definition) is 8. The zero-order valence-electron chi connectivity index (χ0n) is 43.0. The average Bonchev–Trinajstić information content (AvgIpc) is 3.34. The van der Waals surface area contributed by atoms with Crippen LogP contribution in [0.1, 0.15) is 146 Å². The van der Waals surface area contributed by atoms with Crippen LogP contribution in [0.4, 0.5) is 21.9 Å². The van der Waals surface area contributed by atoms with Crippen molar-refractivity contribution in [1.82, 2.24) is 21.3 Å². The molecule has 392 valence electrons. The third-order valence-corrected chi connectivity index (χ3v) is 16.5. The first-order valence-corrected chi connectivity index (χ1v) is 25.9. The Bertz CT molecular complexity index is 2620. The molecular formula is C56H73N7O10. The SMILES string of the molecule is CCCC(=O)NC(C(=O)NCC(=O)Nc1ccc(COC(=O)N[C@@H](CC(=O)O)C(=O)Nc2ccc3c(c2)C2CCC[C@](C)(C(=O)NC(=O)[C@@]4(C)CCC[C@]5(C)c6cc(N)ccc6CCC45)[C@@H]2CC3)cc1)C(C)C. The standard InChI is InChI=1S/C56H73N7O10/c1-7-10-45(64)62-48(32(2)3)50(69)58-30-46(65)59-37-19-12-33(13-20-37)31-73-53(72)61-43(29-47(66)67)49(68)60-38-21-15-34-16-22-41-39(40(34)28-38)11-8-24-55(41,5)51(70)63-52(71)56(6)26-9-25-54(4)42-27-36(57)18-14-35(42)17-23-44(54)56/h12-15,18-21,27-28,32,39,41,43-44,48H,7-11,16-17,22-26,29-31,57H2,1-6H3,(H,58,69)(H,59,65)(H,60,68)(H,61,72)(H,62,64)(H,66,67)(H,63,70,71)/t39?,41-,43+,44?,48?,54-,55+,56+/m1/s1. The van der Waals surface area contributed by atoms with E-state index >= 15 is 0 Å². The minimum absolute atomic E-state index is 0.0237. The van der Waals surface area contributed by atoms with Gasteiger partial charge in [0.15, 0.2) is 0 Å². The molecule has 7 rings (SSSR count).